The van der Waals surface area contributed by atoms with Crippen LogP contribution in [-0.4, -0.2) is 42.1 Å². The number of hydrogen-bond acceptors (Lipinski definition) is 3. The van der Waals surface area contributed by atoms with Crippen LogP contribution in [0.5, 0.6) is 0 Å². The van der Waals surface area contributed by atoms with E-state index in [1.807, 2.05) is 23.1 Å². The van der Waals surface area contributed by atoms with Gasteiger partial charge in [0.25, 0.3) is 5.91 Å². The van der Waals surface area contributed by atoms with Crippen LogP contribution in [0.4, 0.5) is 0 Å². The Morgan fingerprint density at radius 2 is 2.04 bits per heavy atom. The average molecular weight is 338 g/mol. The molecule has 2 heterocycles. The second-order valence-corrected chi connectivity index (χ2v) is 6.66. The molecule has 0 aliphatic carbocycles. The minimum atomic E-state index is 0.0720. The van der Waals surface area contributed by atoms with Crippen LogP contribution in [0.3, 0.4) is 0 Å². The fourth-order valence-electron chi connectivity index (χ4n) is 3.56. The number of likely N-dealkylation sites (tertiary alicyclic amines) is 1. The Balaban J connectivity index is 1.71. The summed E-state index contributed by atoms with van der Waals surface area (Å²) in [5.41, 5.74) is 2.97. The van der Waals surface area contributed by atoms with Gasteiger partial charge in [-0.2, -0.15) is 0 Å². The molecule has 4 nitrogen and oxygen atoms in total. The van der Waals surface area contributed by atoms with Crippen LogP contribution >= 0.6 is 0 Å². The van der Waals surface area contributed by atoms with Crippen molar-refractivity contribution in [3.8, 4) is 0 Å². The van der Waals surface area contributed by atoms with Gasteiger partial charge < -0.3 is 9.64 Å². The first-order chi connectivity index (χ1) is 12.2. The lowest BCUT2D eigenvalue weighted by molar-refractivity contribution is -0.00300. The summed E-state index contributed by atoms with van der Waals surface area (Å²) in [6, 6.07) is 14.3. The first-order valence-corrected chi connectivity index (χ1v) is 9.02. The second kappa shape index (κ2) is 8.26. The molecule has 0 saturated carbocycles. The molecule has 1 amide bonds. The van der Waals surface area contributed by atoms with Gasteiger partial charge in [-0.15, -0.1) is 0 Å². The SMILES string of the molecule is CCc1ccc(C(=O)N2CC[C@H](OC)[C@H](Cc3ccccc3)C2)cn1. The van der Waals surface area contributed by atoms with E-state index in [1.54, 1.807) is 13.3 Å². The third-order valence-electron chi connectivity index (χ3n) is 5.03. The van der Waals surface area contributed by atoms with Gasteiger partial charge in [-0.3, -0.25) is 9.78 Å². The minimum Gasteiger partial charge on any atom is -0.381 e. The zero-order valence-corrected chi connectivity index (χ0v) is 15.0. The fraction of sp³-hybridized carbons (Fsp3) is 0.429. The van der Waals surface area contributed by atoms with Gasteiger partial charge in [-0.05, 0) is 37.0 Å². The lowest BCUT2D eigenvalue weighted by atomic mass is 9.88. The summed E-state index contributed by atoms with van der Waals surface area (Å²) in [6.45, 7) is 3.52. The molecule has 0 spiro atoms. The van der Waals surface area contributed by atoms with Crippen LogP contribution < -0.4 is 0 Å². The Kier molecular flexibility index (Phi) is 5.82. The second-order valence-electron chi connectivity index (χ2n) is 6.66. The summed E-state index contributed by atoms with van der Waals surface area (Å²) < 4.78 is 5.69. The van der Waals surface area contributed by atoms with Gasteiger partial charge in [0, 0.05) is 38.0 Å². The summed E-state index contributed by atoms with van der Waals surface area (Å²) in [7, 11) is 1.77. The molecular formula is C21H26N2O2. The predicted octanol–water partition coefficient (Wildman–Crippen LogP) is 3.36. The van der Waals surface area contributed by atoms with E-state index in [4.69, 9.17) is 4.74 Å². The zero-order chi connectivity index (χ0) is 17.6. The third kappa shape index (κ3) is 4.26. The Labute approximate surface area is 149 Å². The van der Waals surface area contributed by atoms with E-state index in [0.29, 0.717) is 11.5 Å². The van der Waals surface area contributed by atoms with E-state index < -0.39 is 0 Å². The van der Waals surface area contributed by atoms with Crippen molar-refractivity contribution in [1.82, 2.24) is 9.88 Å². The fourth-order valence-corrected chi connectivity index (χ4v) is 3.56. The first kappa shape index (κ1) is 17.6. The maximum atomic E-state index is 12.8. The van der Waals surface area contributed by atoms with E-state index in [1.165, 1.54) is 5.56 Å². The molecule has 1 fully saturated rings. The number of rotatable bonds is 5. The van der Waals surface area contributed by atoms with E-state index in [0.717, 1.165) is 38.0 Å². The minimum absolute atomic E-state index is 0.0720. The van der Waals surface area contributed by atoms with Crippen molar-refractivity contribution in [2.24, 2.45) is 5.92 Å². The lowest BCUT2D eigenvalue weighted by Crippen LogP contribution is -2.47. The summed E-state index contributed by atoms with van der Waals surface area (Å²) in [6.07, 6.45) is 4.59. The van der Waals surface area contributed by atoms with Crippen molar-refractivity contribution in [3.63, 3.8) is 0 Å². The number of carbonyl (C=O) groups excluding carboxylic acids is 1. The number of methoxy groups -OCH3 is 1. The number of ether oxygens (including phenoxy) is 1. The number of aromatic nitrogens is 1. The number of pyridine rings is 1. The summed E-state index contributed by atoms with van der Waals surface area (Å²) in [5.74, 6) is 0.385. The molecule has 4 heteroatoms. The van der Waals surface area contributed by atoms with Gasteiger partial charge in [-0.1, -0.05) is 37.3 Å². The molecule has 0 N–H and O–H groups in total. The molecule has 3 rings (SSSR count). The van der Waals surface area contributed by atoms with E-state index in [9.17, 15) is 4.79 Å². The maximum absolute atomic E-state index is 12.8. The van der Waals surface area contributed by atoms with Crippen LogP contribution in [0, 0.1) is 5.92 Å². The van der Waals surface area contributed by atoms with E-state index in [-0.39, 0.29) is 12.0 Å². The average Bonchev–Trinajstić information content (AvgIpc) is 2.68. The quantitative estimate of drug-likeness (QED) is 0.839. The number of amides is 1. The van der Waals surface area contributed by atoms with Crippen molar-refractivity contribution in [2.45, 2.75) is 32.3 Å². The molecule has 2 aromatic rings. The molecule has 1 aliphatic rings. The topological polar surface area (TPSA) is 42.4 Å². The lowest BCUT2D eigenvalue weighted by Gasteiger charge is -2.38. The van der Waals surface area contributed by atoms with E-state index in [2.05, 4.69) is 36.2 Å². The molecule has 0 unspecified atom stereocenters. The Morgan fingerprint density at radius 1 is 1.24 bits per heavy atom. The molecule has 25 heavy (non-hydrogen) atoms. The van der Waals surface area contributed by atoms with Gasteiger partial charge in [0.1, 0.15) is 0 Å². The third-order valence-corrected chi connectivity index (χ3v) is 5.03. The van der Waals surface area contributed by atoms with Crippen molar-refractivity contribution in [2.75, 3.05) is 20.2 Å². The number of piperidine rings is 1. The van der Waals surface area contributed by atoms with Crippen molar-refractivity contribution in [3.05, 3.63) is 65.5 Å². The van der Waals surface area contributed by atoms with Crippen LogP contribution in [0.15, 0.2) is 48.7 Å². The van der Waals surface area contributed by atoms with E-state index >= 15 is 0 Å². The van der Waals surface area contributed by atoms with Crippen molar-refractivity contribution >= 4 is 5.91 Å². The van der Waals surface area contributed by atoms with Crippen LogP contribution in [0.2, 0.25) is 0 Å². The number of aryl methyl sites for hydroxylation is 1. The van der Waals surface area contributed by atoms with Gasteiger partial charge in [0.2, 0.25) is 0 Å². The monoisotopic (exact) mass is 338 g/mol. The highest BCUT2D eigenvalue weighted by molar-refractivity contribution is 5.94. The number of carbonyl (C=O) groups is 1. The highest BCUT2D eigenvalue weighted by atomic mass is 16.5. The molecule has 1 aliphatic heterocycles. The van der Waals surface area contributed by atoms with Gasteiger partial charge in [0.15, 0.2) is 0 Å². The number of nitrogens with zero attached hydrogens (tertiary/aromatic N) is 2. The Hall–Kier alpha value is -2.20. The number of benzene rings is 1. The summed E-state index contributed by atoms with van der Waals surface area (Å²) in [4.78, 5) is 19.1. The normalized spacial score (nSPS) is 20.5. The highest BCUT2D eigenvalue weighted by Crippen LogP contribution is 2.25. The standard InChI is InChI=1S/C21H26N2O2/c1-3-19-10-9-17(14-22-19)21(24)23-12-11-20(25-2)18(15-23)13-16-7-5-4-6-8-16/h4-10,14,18,20H,3,11-13,15H2,1-2H3/t18-,20+/m1/s1. The van der Waals surface area contributed by atoms with Gasteiger partial charge in [-0.25, -0.2) is 0 Å². The summed E-state index contributed by atoms with van der Waals surface area (Å²) >= 11 is 0. The first-order valence-electron chi connectivity index (χ1n) is 9.02. The largest absolute Gasteiger partial charge is 0.381 e. The molecule has 2 atom stereocenters. The molecule has 0 radical (unpaired) electrons. The van der Waals surface area contributed by atoms with Gasteiger partial charge >= 0.3 is 0 Å². The molecule has 1 saturated heterocycles. The summed E-state index contributed by atoms with van der Waals surface area (Å²) in [5, 5.41) is 0. The molecule has 1 aromatic heterocycles. The smallest absolute Gasteiger partial charge is 0.255 e. The van der Waals surface area contributed by atoms with Crippen LogP contribution in [-0.2, 0) is 17.6 Å². The predicted molar refractivity (Wildman–Crippen MR) is 98.6 cm³/mol. The maximum Gasteiger partial charge on any atom is 0.255 e. The number of hydrogen-bond donors (Lipinski definition) is 0. The molecule has 1 aromatic carbocycles. The Bertz CT molecular complexity index is 685. The van der Waals surface area contributed by atoms with Crippen LogP contribution in [0.1, 0.15) is 35.0 Å². The van der Waals surface area contributed by atoms with Crippen molar-refractivity contribution < 1.29 is 9.53 Å². The van der Waals surface area contributed by atoms with Gasteiger partial charge in [0.05, 0.1) is 11.7 Å². The molecule has 0 bridgehead atoms. The molecule has 132 valence electrons. The van der Waals surface area contributed by atoms with Crippen LogP contribution in [0.25, 0.3) is 0 Å². The zero-order valence-electron chi connectivity index (χ0n) is 15.0. The molecular weight excluding hydrogens is 312 g/mol. The Morgan fingerprint density at radius 3 is 2.68 bits per heavy atom. The van der Waals surface area contributed by atoms with Crippen molar-refractivity contribution in [1.29, 1.82) is 0 Å². The highest BCUT2D eigenvalue weighted by Gasteiger charge is 2.32.